The number of hydrogen-bond acceptors (Lipinski definition) is 4. The van der Waals surface area contributed by atoms with E-state index in [1.807, 2.05) is 37.8 Å². The van der Waals surface area contributed by atoms with Gasteiger partial charge < -0.3 is 15.1 Å². The molecule has 2 aliphatic heterocycles. The molecule has 6 nitrogen and oxygen atoms in total. The third-order valence-electron chi connectivity index (χ3n) is 4.33. The zero-order valence-electron chi connectivity index (χ0n) is 12.9. The number of amides is 2. The lowest BCUT2D eigenvalue weighted by atomic mass is 10.1. The molecule has 1 aromatic heterocycles. The van der Waals surface area contributed by atoms with E-state index in [1.54, 1.807) is 0 Å². The number of carbonyl (C=O) groups is 1. The van der Waals surface area contributed by atoms with Crippen molar-refractivity contribution in [3.05, 3.63) is 17.8 Å². The van der Waals surface area contributed by atoms with Crippen LogP contribution < -0.4 is 10.2 Å². The molecule has 0 bridgehead atoms. The smallest absolute Gasteiger partial charge is 0.317 e. The first-order valence-corrected chi connectivity index (χ1v) is 7.70. The van der Waals surface area contributed by atoms with Crippen LogP contribution >= 0.6 is 0 Å². The van der Waals surface area contributed by atoms with Crippen LogP contribution in [0.4, 0.5) is 10.6 Å². The molecule has 2 fully saturated rings. The second-order valence-electron chi connectivity index (χ2n) is 6.24. The quantitative estimate of drug-likeness (QED) is 0.897. The molecule has 1 N–H and O–H groups in total. The van der Waals surface area contributed by atoms with Gasteiger partial charge in [-0.3, -0.25) is 0 Å². The van der Waals surface area contributed by atoms with Crippen LogP contribution in [0.3, 0.4) is 0 Å². The maximum absolute atomic E-state index is 12.3. The molecule has 3 heterocycles. The van der Waals surface area contributed by atoms with Crippen molar-refractivity contribution in [1.82, 2.24) is 20.4 Å². The minimum Gasteiger partial charge on any atom is -0.350 e. The molecule has 0 unspecified atom stereocenters. The molecule has 0 radical (unpaired) electrons. The standard InChI is InChI=1S/C15H23N5O/c1-10(2)16-15(21)20-9-7-12-13(20)6-8-19(12)14-5-4-11(3)17-18-14/h4-5,10,12-13H,6-9H2,1-3H3,(H,16,21)/t12-,13+/m0/s1. The SMILES string of the molecule is Cc1ccc(N2CC[C@@H]3[C@@H]2CCN3C(=O)NC(C)C)nn1. The Kier molecular flexibility index (Phi) is 3.69. The average Bonchev–Trinajstić information content (AvgIpc) is 3.00. The van der Waals surface area contributed by atoms with Crippen LogP contribution in [0.1, 0.15) is 32.4 Å². The highest BCUT2D eigenvalue weighted by Gasteiger charge is 2.44. The number of fused-ring (bicyclic) bond motifs is 1. The number of hydrogen-bond donors (Lipinski definition) is 1. The van der Waals surface area contributed by atoms with E-state index in [9.17, 15) is 4.79 Å². The first-order chi connectivity index (χ1) is 10.1. The van der Waals surface area contributed by atoms with Crippen molar-refractivity contribution in [3.8, 4) is 0 Å². The molecular formula is C15H23N5O. The van der Waals surface area contributed by atoms with Crippen molar-refractivity contribution in [2.45, 2.75) is 51.7 Å². The van der Waals surface area contributed by atoms with Crippen LogP contribution in [0, 0.1) is 6.92 Å². The Hall–Kier alpha value is -1.85. The molecule has 0 aromatic carbocycles. The van der Waals surface area contributed by atoms with Gasteiger partial charge in [0.25, 0.3) is 0 Å². The molecule has 114 valence electrons. The largest absolute Gasteiger partial charge is 0.350 e. The van der Waals surface area contributed by atoms with Crippen molar-refractivity contribution in [3.63, 3.8) is 0 Å². The van der Waals surface area contributed by atoms with Crippen LogP contribution in [0.2, 0.25) is 0 Å². The zero-order valence-corrected chi connectivity index (χ0v) is 12.9. The molecule has 21 heavy (non-hydrogen) atoms. The number of likely N-dealkylation sites (tertiary alicyclic amines) is 1. The van der Waals surface area contributed by atoms with Crippen molar-refractivity contribution < 1.29 is 4.79 Å². The Balaban J connectivity index is 1.71. The Morgan fingerprint density at radius 2 is 2.00 bits per heavy atom. The predicted octanol–water partition coefficient (Wildman–Crippen LogP) is 1.56. The van der Waals surface area contributed by atoms with Gasteiger partial charge in [-0.2, -0.15) is 5.10 Å². The van der Waals surface area contributed by atoms with Gasteiger partial charge in [-0.1, -0.05) is 0 Å². The Labute approximate surface area is 125 Å². The lowest BCUT2D eigenvalue weighted by Gasteiger charge is -2.26. The molecular weight excluding hydrogens is 266 g/mol. The number of rotatable bonds is 2. The summed E-state index contributed by atoms with van der Waals surface area (Å²) in [6.45, 7) is 7.70. The molecule has 2 saturated heterocycles. The number of urea groups is 1. The summed E-state index contributed by atoms with van der Waals surface area (Å²) in [6.07, 6.45) is 2.01. The lowest BCUT2D eigenvalue weighted by molar-refractivity contribution is 0.190. The highest BCUT2D eigenvalue weighted by atomic mass is 16.2. The number of anilines is 1. The van der Waals surface area contributed by atoms with Crippen LogP contribution in [-0.4, -0.2) is 52.3 Å². The van der Waals surface area contributed by atoms with Crippen LogP contribution in [-0.2, 0) is 0 Å². The number of carbonyl (C=O) groups excluding carboxylic acids is 1. The van der Waals surface area contributed by atoms with Crippen LogP contribution in [0.5, 0.6) is 0 Å². The summed E-state index contributed by atoms with van der Waals surface area (Å²) in [7, 11) is 0. The topological polar surface area (TPSA) is 61.4 Å². The molecule has 0 saturated carbocycles. The fourth-order valence-corrected chi connectivity index (χ4v) is 3.40. The van der Waals surface area contributed by atoms with Gasteiger partial charge in [0.2, 0.25) is 0 Å². The number of nitrogens with one attached hydrogen (secondary N) is 1. The molecule has 2 atom stereocenters. The summed E-state index contributed by atoms with van der Waals surface area (Å²) < 4.78 is 0. The van der Waals surface area contributed by atoms with Crippen molar-refractivity contribution in [2.75, 3.05) is 18.0 Å². The van der Waals surface area contributed by atoms with Gasteiger partial charge in [0.15, 0.2) is 5.82 Å². The minimum absolute atomic E-state index is 0.0642. The van der Waals surface area contributed by atoms with Crippen LogP contribution in [0.15, 0.2) is 12.1 Å². The van der Waals surface area contributed by atoms with E-state index in [-0.39, 0.29) is 12.1 Å². The first-order valence-electron chi connectivity index (χ1n) is 7.70. The average molecular weight is 289 g/mol. The fraction of sp³-hybridized carbons (Fsp3) is 0.667. The molecule has 1 aromatic rings. The van der Waals surface area contributed by atoms with Gasteiger partial charge in [-0.25, -0.2) is 4.79 Å². The van der Waals surface area contributed by atoms with E-state index >= 15 is 0 Å². The van der Waals surface area contributed by atoms with Crippen molar-refractivity contribution >= 4 is 11.8 Å². The number of nitrogens with zero attached hydrogens (tertiary/aromatic N) is 4. The van der Waals surface area contributed by atoms with E-state index in [0.29, 0.717) is 12.1 Å². The second kappa shape index (κ2) is 5.50. The third-order valence-corrected chi connectivity index (χ3v) is 4.33. The first kappa shape index (κ1) is 14.1. The fourth-order valence-electron chi connectivity index (χ4n) is 3.40. The molecule has 0 aliphatic carbocycles. The van der Waals surface area contributed by atoms with Gasteiger partial charge in [-0.15, -0.1) is 5.10 Å². The number of aryl methyl sites for hydroxylation is 1. The van der Waals surface area contributed by atoms with Crippen molar-refractivity contribution in [1.29, 1.82) is 0 Å². The Morgan fingerprint density at radius 1 is 1.24 bits per heavy atom. The van der Waals surface area contributed by atoms with Gasteiger partial charge in [0.05, 0.1) is 17.8 Å². The predicted molar refractivity (Wildman–Crippen MR) is 81.3 cm³/mol. The van der Waals surface area contributed by atoms with Crippen LogP contribution in [0.25, 0.3) is 0 Å². The Bertz CT molecular complexity index is 515. The van der Waals surface area contributed by atoms with E-state index in [2.05, 4.69) is 20.4 Å². The maximum atomic E-state index is 12.3. The molecule has 3 rings (SSSR count). The molecule has 6 heteroatoms. The van der Waals surface area contributed by atoms with E-state index in [0.717, 1.165) is 37.4 Å². The maximum Gasteiger partial charge on any atom is 0.317 e. The molecule has 2 amide bonds. The summed E-state index contributed by atoms with van der Waals surface area (Å²) in [4.78, 5) is 16.6. The normalized spacial score (nSPS) is 24.6. The highest BCUT2D eigenvalue weighted by Crippen LogP contribution is 2.34. The summed E-state index contributed by atoms with van der Waals surface area (Å²) in [6, 6.07) is 4.94. The summed E-state index contributed by atoms with van der Waals surface area (Å²) in [5.74, 6) is 0.930. The molecule has 2 aliphatic rings. The van der Waals surface area contributed by atoms with E-state index < -0.39 is 0 Å². The summed E-state index contributed by atoms with van der Waals surface area (Å²) in [5.41, 5.74) is 0.929. The van der Waals surface area contributed by atoms with E-state index in [1.165, 1.54) is 0 Å². The van der Waals surface area contributed by atoms with Gasteiger partial charge in [0, 0.05) is 19.1 Å². The monoisotopic (exact) mass is 289 g/mol. The van der Waals surface area contributed by atoms with Gasteiger partial charge in [-0.05, 0) is 45.7 Å². The summed E-state index contributed by atoms with van der Waals surface area (Å²) in [5, 5.41) is 11.4. The molecule has 0 spiro atoms. The zero-order chi connectivity index (χ0) is 15.0. The third kappa shape index (κ3) is 2.66. The van der Waals surface area contributed by atoms with Crippen molar-refractivity contribution in [2.24, 2.45) is 0 Å². The summed E-state index contributed by atoms with van der Waals surface area (Å²) >= 11 is 0. The van der Waals surface area contributed by atoms with Gasteiger partial charge >= 0.3 is 6.03 Å². The van der Waals surface area contributed by atoms with E-state index in [4.69, 9.17) is 0 Å². The number of aromatic nitrogens is 2. The highest BCUT2D eigenvalue weighted by molar-refractivity contribution is 5.75. The Morgan fingerprint density at radius 3 is 2.67 bits per heavy atom. The minimum atomic E-state index is 0.0642. The van der Waals surface area contributed by atoms with Gasteiger partial charge in [0.1, 0.15) is 0 Å². The second-order valence-corrected chi connectivity index (χ2v) is 6.24. The lowest BCUT2D eigenvalue weighted by Crippen LogP contribution is -2.46.